The summed E-state index contributed by atoms with van der Waals surface area (Å²) in [5.41, 5.74) is 2.47. The van der Waals surface area contributed by atoms with E-state index in [1.807, 2.05) is 18.5 Å². The van der Waals surface area contributed by atoms with Crippen molar-refractivity contribution >= 4 is 28.4 Å². The molecule has 2 aromatic heterocycles. The third-order valence-electron chi connectivity index (χ3n) is 4.63. The Hall–Kier alpha value is -3.42. The standard InChI is InChI=1S/C20H20N4O4/c1-10(2)24-19-13(8-21-24)5-14(11(3)22-19)20(26)23-16-7-18-17(27-9-28-18)6-15(16)12(4)25/h5-8,10H,9H2,1-4H3,(H,23,26). The summed E-state index contributed by atoms with van der Waals surface area (Å²) in [7, 11) is 0. The van der Waals surface area contributed by atoms with E-state index in [0.717, 1.165) is 11.0 Å². The Morgan fingerprint density at radius 2 is 1.86 bits per heavy atom. The molecule has 3 aromatic rings. The number of pyridine rings is 1. The lowest BCUT2D eigenvalue weighted by atomic mass is 10.1. The van der Waals surface area contributed by atoms with E-state index in [4.69, 9.17) is 9.47 Å². The van der Waals surface area contributed by atoms with Gasteiger partial charge in [-0.3, -0.25) is 9.59 Å². The quantitative estimate of drug-likeness (QED) is 0.696. The van der Waals surface area contributed by atoms with E-state index in [1.54, 1.807) is 31.3 Å². The number of anilines is 1. The van der Waals surface area contributed by atoms with Gasteiger partial charge in [0.2, 0.25) is 6.79 Å². The first-order valence-electron chi connectivity index (χ1n) is 8.96. The van der Waals surface area contributed by atoms with Crippen LogP contribution in [0.4, 0.5) is 5.69 Å². The van der Waals surface area contributed by atoms with Gasteiger partial charge in [-0.15, -0.1) is 0 Å². The molecule has 1 amide bonds. The number of rotatable bonds is 4. The molecule has 8 nitrogen and oxygen atoms in total. The molecule has 4 rings (SSSR count). The summed E-state index contributed by atoms with van der Waals surface area (Å²) in [4.78, 5) is 29.5. The molecule has 0 atom stereocenters. The molecule has 0 radical (unpaired) electrons. The fourth-order valence-electron chi connectivity index (χ4n) is 3.20. The number of amides is 1. The molecule has 1 aliphatic rings. The summed E-state index contributed by atoms with van der Waals surface area (Å²) >= 11 is 0. The molecule has 8 heteroatoms. The maximum atomic E-state index is 12.9. The van der Waals surface area contributed by atoms with Crippen molar-refractivity contribution in [2.45, 2.75) is 33.7 Å². The molecule has 1 aliphatic heterocycles. The Balaban J connectivity index is 1.71. The van der Waals surface area contributed by atoms with Crippen molar-refractivity contribution in [3.63, 3.8) is 0 Å². The second-order valence-corrected chi connectivity index (χ2v) is 6.98. The predicted octanol–water partition coefficient (Wildman–Crippen LogP) is 3.50. The molecule has 1 aromatic carbocycles. The van der Waals surface area contributed by atoms with Crippen LogP contribution in [0.25, 0.3) is 11.0 Å². The number of carbonyl (C=O) groups is 2. The maximum Gasteiger partial charge on any atom is 0.257 e. The molecular formula is C20H20N4O4. The molecule has 1 N–H and O–H groups in total. The summed E-state index contributed by atoms with van der Waals surface area (Å²) in [6, 6.07) is 5.12. The minimum atomic E-state index is -0.356. The Morgan fingerprint density at radius 3 is 2.54 bits per heavy atom. The fraction of sp³-hybridized carbons (Fsp3) is 0.300. The second kappa shape index (κ2) is 6.63. The highest BCUT2D eigenvalue weighted by Crippen LogP contribution is 2.37. The van der Waals surface area contributed by atoms with E-state index in [9.17, 15) is 9.59 Å². The summed E-state index contributed by atoms with van der Waals surface area (Å²) in [6.07, 6.45) is 1.69. The molecule has 144 valence electrons. The normalized spacial score (nSPS) is 12.6. The largest absolute Gasteiger partial charge is 0.454 e. The number of ether oxygens (including phenoxy) is 2. The molecule has 0 unspecified atom stereocenters. The highest BCUT2D eigenvalue weighted by molar-refractivity contribution is 6.10. The van der Waals surface area contributed by atoms with Crippen molar-refractivity contribution in [3.05, 3.63) is 41.2 Å². The number of carbonyl (C=O) groups excluding carboxylic acids is 2. The number of ketones is 1. The number of nitrogens with one attached hydrogen (secondary N) is 1. The Morgan fingerprint density at radius 1 is 1.14 bits per heavy atom. The van der Waals surface area contributed by atoms with E-state index < -0.39 is 0 Å². The Kier molecular flexibility index (Phi) is 4.26. The number of aryl methyl sites for hydroxylation is 1. The van der Waals surface area contributed by atoms with Crippen LogP contribution < -0.4 is 14.8 Å². The van der Waals surface area contributed by atoms with Gasteiger partial charge in [0.15, 0.2) is 22.9 Å². The van der Waals surface area contributed by atoms with E-state index in [0.29, 0.717) is 34.0 Å². The van der Waals surface area contributed by atoms with Crippen LogP contribution in [0.3, 0.4) is 0 Å². The van der Waals surface area contributed by atoms with Crippen LogP contribution in [0.15, 0.2) is 24.4 Å². The van der Waals surface area contributed by atoms with E-state index in [-0.39, 0.29) is 24.5 Å². The van der Waals surface area contributed by atoms with Crippen molar-refractivity contribution in [1.82, 2.24) is 14.8 Å². The van der Waals surface area contributed by atoms with Crippen LogP contribution in [0, 0.1) is 6.92 Å². The number of Topliss-reactive ketones (excluding diaryl/α,β-unsaturated/α-hetero) is 1. The molecule has 0 spiro atoms. The summed E-state index contributed by atoms with van der Waals surface area (Å²) in [5.74, 6) is 0.440. The summed E-state index contributed by atoms with van der Waals surface area (Å²) < 4.78 is 12.5. The van der Waals surface area contributed by atoms with Gasteiger partial charge in [0.25, 0.3) is 5.91 Å². The first kappa shape index (κ1) is 18.0. The highest BCUT2D eigenvalue weighted by Gasteiger charge is 2.22. The van der Waals surface area contributed by atoms with Crippen LogP contribution in [0.1, 0.15) is 53.2 Å². The van der Waals surface area contributed by atoms with Crippen LogP contribution >= 0.6 is 0 Å². The molecular weight excluding hydrogens is 360 g/mol. The summed E-state index contributed by atoms with van der Waals surface area (Å²) in [6.45, 7) is 7.34. The van der Waals surface area contributed by atoms with Crippen molar-refractivity contribution < 1.29 is 19.1 Å². The van der Waals surface area contributed by atoms with Gasteiger partial charge >= 0.3 is 0 Å². The maximum absolute atomic E-state index is 12.9. The number of hydrogen-bond donors (Lipinski definition) is 1. The summed E-state index contributed by atoms with van der Waals surface area (Å²) in [5, 5.41) is 7.93. The van der Waals surface area contributed by atoms with Crippen LogP contribution in [-0.4, -0.2) is 33.2 Å². The molecule has 0 bridgehead atoms. The Bertz CT molecular complexity index is 1120. The molecule has 3 heterocycles. The van der Waals surface area contributed by atoms with Crippen molar-refractivity contribution in [3.8, 4) is 11.5 Å². The minimum Gasteiger partial charge on any atom is -0.454 e. The van der Waals surface area contributed by atoms with Gasteiger partial charge in [-0.05, 0) is 39.8 Å². The number of fused-ring (bicyclic) bond motifs is 2. The molecule has 0 saturated heterocycles. The lowest BCUT2D eigenvalue weighted by Gasteiger charge is -2.12. The van der Waals surface area contributed by atoms with Crippen molar-refractivity contribution in [2.75, 3.05) is 12.1 Å². The van der Waals surface area contributed by atoms with Crippen LogP contribution in [0.5, 0.6) is 11.5 Å². The zero-order valence-electron chi connectivity index (χ0n) is 16.1. The molecule has 28 heavy (non-hydrogen) atoms. The average molecular weight is 380 g/mol. The van der Waals surface area contributed by atoms with Gasteiger partial charge in [0.1, 0.15) is 0 Å². The Labute approximate surface area is 161 Å². The van der Waals surface area contributed by atoms with E-state index in [1.165, 1.54) is 6.92 Å². The molecule has 0 aliphatic carbocycles. The van der Waals surface area contributed by atoms with E-state index in [2.05, 4.69) is 15.4 Å². The lowest BCUT2D eigenvalue weighted by molar-refractivity contribution is 0.101. The van der Waals surface area contributed by atoms with Gasteiger partial charge in [-0.25, -0.2) is 9.67 Å². The van der Waals surface area contributed by atoms with Gasteiger partial charge < -0.3 is 14.8 Å². The molecule has 0 saturated carbocycles. The van der Waals surface area contributed by atoms with Crippen LogP contribution in [0.2, 0.25) is 0 Å². The van der Waals surface area contributed by atoms with Gasteiger partial charge in [-0.2, -0.15) is 5.10 Å². The monoisotopic (exact) mass is 380 g/mol. The first-order valence-corrected chi connectivity index (χ1v) is 8.96. The van der Waals surface area contributed by atoms with Gasteiger partial charge in [0.05, 0.1) is 23.1 Å². The zero-order chi connectivity index (χ0) is 20.0. The third kappa shape index (κ3) is 2.96. The number of hydrogen-bond acceptors (Lipinski definition) is 6. The zero-order valence-corrected chi connectivity index (χ0v) is 16.1. The molecule has 0 fully saturated rings. The number of nitrogens with zero attached hydrogens (tertiary/aromatic N) is 3. The third-order valence-corrected chi connectivity index (χ3v) is 4.63. The minimum absolute atomic E-state index is 0.0869. The lowest BCUT2D eigenvalue weighted by Crippen LogP contribution is -2.16. The average Bonchev–Trinajstić information content (AvgIpc) is 3.25. The highest BCUT2D eigenvalue weighted by atomic mass is 16.7. The van der Waals surface area contributed by atoms with Crippen molar-refractivity contribution in [1.29, 1.82) is 0 Å². The second-order valence-electron chi connectivity index (χ2n) is 6.98. The predicted molar refractivity (Wildman–Crippen MR) is 103 cm³/mol. The fourth-order valence-corrected chi connectivity index (χ4v) is 3.20. The van der Waals surface area contributed by atoms with E-state index >= 15 is 0 Å². The first-order chi connectivity index (χ1) is 13.3. The topological polar surface area (TPSA) is 95.3 Å². The SMILES string of the molecule is CC(=O)c1cc2c(cc1NC(=O)c1cc3cnn(C(C)C)c3nc1C)OCO2. The van der Waals surface area contributed by atoms with Crippen LogP contribution in [-0.2, 0) is 0 Å². The number of aromatic nitrogens is 3. The number of benzene rings is 1. The van der Waals surface area contributed by atoms with Gasteiger partial charge in [-0.1, -0.05) is 0 Å². The van der Waals surface area contributed by atoms with Gasteiger partial charge in [0, 0.05) is 23.1 Å². The smallest absolute Gasteiger partial charge is 0.257 e. The van der Waals surface area contributed by atoms with Crippen molar-refractivity contribution in [2.24, 2.45) is 0 Å².